The first-order valence-electron chi connectivity index (χ1n) is 6.68. The molecule has 0 radical (unpaired) electrons. The van der Waals surface area contributed by atoms with Gasteiger partial charge in [0.05, 0.1) is 23.5 Å². The molecule has 0 unspecified atom stereocenters. The summed E-state index contributed by atoms with van der Waals surface area (Å²) in [4.78, 5) is 28.7. The highest BCUT2D eigenvalue weighted by Crippen LogP contribution is 2.25. The van der Waals surface area contributed by atoms with Crippen LogP contribution in [0.15, 0.2) is 5.38 Å². The largest absolute Gasteiger partial charge is 0.481 e. The fraction of sp³-hybridized carbons (Fsp3) is 0.643. The first-order valence-corrected chi connectivity index (χ1v) is 7.56. The van der Waals surface area contributed by atoms with E-state index in [4.69, 9.17) is 5.11 Å². The van der Waals surface area contributed by atoms with Gasteiger partial charge >= 0.3 is 5.97 Å². The van der Waals surface area contributed by atoms with Crippen molar-refractivity contribution in [3.05, 3.63) is 16.1 Å². The molecule has 1 amide bonds. The van der Waals surface area contributed by atoms with Crippen LogP contribution in [0.25, 0.3) is 0 Å². The quantitative estimate of drug-likeness (QED) is 0.875. The third-order valence-electron chi connectivity index (χ3n) is 2.86. The van der Waals surface area contributed by atoms with E-state index < -0.39 is 5.97 Å². The Kier molecular flexibility index (Phi) is 5.68. The molecule has 6 heteroatoms. The number of aromatic nitrogens is 1. The van der Waals surface area contributed by atoms with Crippen LogP contribution >= 0.6 is 11.3 Å². The van der Waals surface area contributed by atoms with Crippen molar-refractivity contribution in [2.24, 2.45) is 0 Å². The molecule has 1 heterocycles. The highest BCUT2D eigenvalue weighted by molar-refractivity contribution is 7.09. The van der Waals surface area contributed by atoms with Crippen LogP contribution in [0.5, 0.6) is 0 Å². The number of carboxylic acids is 1. The standard InChI is InChI=1S/C14H22N2O3S/c1-5-16(7-6-12(18)19)11(17)8-10-9-20-13(15-10)14(2,3)4/h9H,5-8H2,1-4H3,(H,18,19). The van der Waals surface area contributed by atoms with E-state index in [-0.39, 0.29) is 30.7 Å². The second-order valence-electron chi connectivity index (χ2n) is 5.69. The first kappa shape index (κ1) is 16.6. The Hall–Kier alpha value is -1.43. The molecule has 0 aliphatic rings. The topological polar surface area (TPSA) is 70.5 Å². The maximum absolute atomic E-state index is 12.1. The summed E-state index contributed by atoms with van der Waals surface area (Å²) < 4.78 is 0. The number of aliphatic carboxylic acids is 1. The Labute approximate surface area is 123 Å². The fourth-order valence-electron chi connectivity index (χ4n) is 1.69. The Morgan fingerprint density at radius 3 is 2.50 bits per heavy atom. The van der Waals surface area contributed by atoms with Crippen molar-refractivity contribution in [3.8, 4) is 0 Å². The summed E-state index contributed by atoms with van der Waals surface area (Å²) in [5, 5.41) is 11.6. The molecule has 1 aromatic rings. The van der Waals surface area contributed by atoms with E-state index >= 15 is 0 Å². The van der Waals surface area contributed by atoms with Crippen LogP contribution in [-0.2, 0) is 21.4 Å². The lowest BCUT2D eigenvalue weighted by Crippen LogP contribution is -2.34. The minimum absolute atomic E-state index is 0.0142. The van der Waals surface area contributed by atoms with E-state index in [9.17, 15) is 9.59 Å². The molecule has 0 aliphatic carbocycles. The van der Waals surface area contributed by atoms with Crippen molar-refractivity contribution in [1.29, 1.82) is 0 Å². The van der Waals surface area contributed by atoms with Crippen molar-refractivity contribution in [2.75, 3.05) is 13.1 Å². The number of carbonyl (C=O) groups is 2. The molecular weight excluding hydrogens is 276 g/mol. The molecule has 0 atom stereocenters. The van der Waals surface area contributed by atoms with Gasteiger partial charge in [-0.25, -0.2) is 4.98 Å². The van der Waals surface area contributed by atoms with Gasteiger partial charge < -0.3 is 10.0 Å². The number of likely N-dealkylation sites (N-methyl/N-ethyl adjacent to an activating group) is 1. The first-order chi connectivity index (χ1) is 9.24. The third kappa shape index (κ3) is 4.92. The predicted molar refractivity (Wildman–Crippen MR) is 79.0 cm³/mol. The third-order valence-corrected chi connectivity index (χ3v) is 4.17. The van der Waals surface area contributed by atoms with Crippen molar-refractivity contribution in [2.45, 2.75) is 46.0 Å². The Morgan fingerprint density at radius 1 is 1.40 bits per heavy atom. The summed E-state index contributed by atoms with van der Waals surface area (Å²) in [6.07, 6.45) is 0.212. The van der Waals surface area contributed by atoms with Crippen molar-refractivity contribution in [1.82, 2.24) is 9.88 Å². The molecule has 0 spiro atoms. The van der Waals surface area contributed by atoms with Gasteiger partial charge in [-0.3, -0.25) is 9.59 Å². The summed E-state index contributed by atoms with van der Waals surface area (Å²) in [6.45, 7) is 8.87. The van der Waals surface area contributed by atoms with E-state index in [2.05, 4.69) is 25.8 Å². The lowest BCUT2D eigenvalue weighted by atomic mass is 9.98. The Bertz CT molecular complexity index is 477. The number of hydrogen-bond donors (Lipinski definition) is 1. The molecule has 0 aliphatic heterocycles. The van der Waals surface area contributed by atoms with E-state index in [0.29, 0.717) is 6.54 Å². The smallest absolute Gasteiger partial charge is 0.305 e. The Morgan fingerprint density at radius 2 is 2.05 bits per heavy atom. The number of nitrogens with zero attached hydrogens (tertiary/aromatic N) is 2. The summed E-state index contributed by atoms with van der Waals surface area (Å²) in [6, 6.07) is 0. The maximum atomic E-state index is 12.1. The molecule has 112 valence electrons. The van der Waals surface area contributed by atoms with Gasteiger partial charge in [0, 0.05) is 23.9 Å². The van der Waals surface area contributed by atoms with Gasteiger partial charge in [0.2, 0.25) is 5.91 Å². The van der Waals surface area contributed by atoms with Crippen LogP contribution in [0, 0.1) is 0 Å². The lowest BCUT2D eigenvalue weighted by molar-refractivity contribution is -0.138. The molecule has 5 nitrogen and oxygen atoms in total. The minimum Gasteiger partial charge on any atom is -0.481 e. The summed E-state index contributed by atoms with van der Waals surface area (Å²) in [7, 11) is 0. The van der Waals surface area contributed by atoms with Crippen molar-refractivity contribution < 1.29 is 14.7 Å². The van der Waals surface area contributed by atoms with E-state index in [0.717, 1.165) is 10.7 Å². The normalized spacial score (nSPS) is 11.4. The van der Waals surface area contributed by atoms with Crippen molar-refractivity contribution in [3.63, 3.8) is 0 Å². The second kappa shape index (κ2) is 6.83. The zero-order valence-corrected chi connectivity index (χ0v) is 13.3. The summed E-state index contributed by atoms with van der Waals surface area (Å²) in [5.41, 5.74) is 0.749. The average molecular weight is 298 g/mol. The number of rotatable bonds is 6. The zero-order valence-electron chi connectivity index (χ0n) is 12.5. The van der Waals surface area contributed by atoms with Crippen LogP contribution < -0.4 is 0 Å². The number of amides is 1. The molecular formula is C14H22N2O3S. The second-order valence-corrected chi connectivity index (χ2v) is 6.55. The molecule has 0 aromatic carbocycles. The molecule has 0 saturated carbocycles. The van der Waals surface area contributed by atoms with E-state index in [1.165, 1.54) is 0 Å². The monoisotopic (exact) mass is 298 g/mol. The fourth-order valence-corrected chi connectivity index (χ4v) is 2.60. The number of thiazole rings is 1. The van der Waals surface area contributed by atoms with Crippen LogP contribution in [0.2, 0.25) is 0 Å². The number of hydrogen-bond acceptors (Lipinski definition) is 4. The molecule has 1 N–H and O–H groups in total. The average Bonchev–Trinajstić information content (AvgIpc) is 2.77. The molecule has 0 bridgehead atoms. The highest BCUT2D eigenvalue weighted by atomic mass is 32.1. The van der Waals surface area contributed by atoms with Gasteiger partial charge in [0.1, 0.15) is 0 Å². The minimum atomic E-state index is -0.889. The van der Waals surface area contributed by atoms with E-state index in [1.54, 1.807) is 16.2 Å². The number of carboxylic acid groups (broad SMARTS) is 1. The Balaban J connectivity index is 2.64. The van der Waals surface area contributed by atoms with E-state index in [1.807, 2.05) is 12.3 Å². The maximum Gasteiger partial charge on any atom is 0.305 e. The van der Waals surface area contributed by atoms with Gasteiger partial charge in [-0.05, 0) is 6.92 Å². The summed E-state index contributed by atoms with van der Waals surface area (Å²) in [5.74, 6) is -0.959. The SMILES string of the molecule is CCN(CCC(=O)O)C(=O)Cc1csc(C(C)(C)C)n1. The molecule has 0 fully saturated rings. The van der Waals surface area contributed by atoms with Gasteiger partial charge in [0.25, 0.3) is 0 Å². The summed E-state index contributed by atoms with van der Waals surface area (Å²) >= 11 is 1.56. The van der Waals surface area contributed by atoms with Crippen LogP contribution in [0.3, 0.4) is 0 Å². The van der Waals surface area contributed by atoms with Gasteiger partial charge in [-0.15, -0.1) is 11.3 Å². The molecule has 1 aromatic heterocycles. The zero-order chi connectivity index (χ0) is 15.3. The van der Waals surface area contributed by atoms with Crippen LogP contribution in [0.1, 0.15) is 44.8 Å². The molecule has 1 rings (SSSR count). The number of carbonyl (C=O) groups excluding carboxylic acids is 1. The lowest BCUT2D eigenvalue weighted by Gasteiger charge is -2.19. The molecule has 20 heavy (non-hydrogen) atoms. The van der Waals surface area contributed by atoms with Crippen LogP contribution in [-0.4, -0.2) is 40.0 Å². The van der Waals surface area contributed by atoms with Crippen molar-refractivity contribution >= 4 is 23.2 Å². The van der Waals surface area contributed by atoms with Gasteiger partial charge in [0.15, 0.2) is 0 Å². The molecule has 0 saturated heterocycles. The van der Waals surface area contributed by atoms with Gasteiger partial charge in [-0.2, -0.15) is 0 Å². The predicted octanol–water partition coefficient (Wildman–Crippen LogP) is 2.31. The van der Waals surface area contributed by atoms with Gasteiger partial charge in [-0.1, -0.05) is 20.8 Å². The van der Waals surface area contributed by atoms with Crippen LogP contribution in [0.4, 0.5) is 0 Å². The highest BCUT2D eigenvalue weighted by Gasteiger charge is 2.20.